The topological polar surface area (TPSA) is 60.8 Å². The molecular formula is C5H7Cl2NO3. The molecule has 1 heterocycles. The third-order valence-electron chi connectivity index (χ3n) is 1.59. The molecule has 2 N–H and O–H groups in total. The molecule has 0 aromatic heterocycles. The van der Waals surface area contributed by atoms with E-state index in [9.17, 15) is 4.79 Å². The van der Waals surface area contributed by atoms with Gasteiger partial charge >= 0.3 is 5.97 Å². The van der Waals surface area contributed by atoms with Gasteiger partial charge in [-0.1, -0.05) is 11.6 Å². The highest BCUT2D eigenvalue weighted by molar-refractivity contribution is 6.36. The molecule has 11 heavy (non-hydrogen) atoms. The van der Waals surface area contributed by atoms with Gasteiger partial charge in [0.2, 0.25) is 5.00 Å². The smallest absolute Gasteiger partial charge is 0.341 e. The number of aliphatic hydroxyl groups excluding tert-OH is 1. The fourth-order valence-electron chi connectivity index (χ4n) is 0.997. The van der Waals surface area contributed by atoms with Crippen LogP contribution in [0.3, 0.4) is 0 Å². The maximum Gasteiger partial charge on any atom is 0.341 e. The molecule has 0 aromatic rings. The molecule has 2 atom stereocenters. The van der Waals surface area contributed by atoms with E-state index in [0.29, 0.717) is 0 Å². The van der Waals surface area contributed by atoms with Crippen LogP contribution in [-0.2, 0) is 4.79 Å². The normalized spacial score (nSPS) is 39.4. The van der Waals surface area contributed by atoms with E-state index in [4.69, 9.17) is 33.6 Å². The molecule has 0 aromatic carbocycles. The molecule has 1 saturated heterocycles. The Labute approximate surface area is 73.4 Å². The Kier molecular flexibility index (Phi) is 2.29. The first-order chi connectivity index (χ1) is 4.97. The Balaban J connectivity index is 2.79. The second-order valence-corrected chi connectivity index (χ2v) is 3.50. The second-order valence-electron chi connectivity index (χ2n) is 2.47. The average Bonchev–Trinajstić information content (AvgIpc) is 2.08. The van der Waals surface area contributed by atoms with Gasteiger partial charge in [0.15, 0.2) is 0 Å². The van der Waals surface area contributed by atoms with Gasteiger partial charge in [0, 0.05) is 13.0 Å². The first kappa shape index (κ1) is 9.06. The molecule has 1 fully saturated rings. The number of carboxylic acid groups (broad SMARTS) is 1. The van der Waals surface area contributed by atoms with E-state index in [-0.39, 0.29) is 13.0 Å². The summed E-state index contributed by atoms with van der Waals surface area (Å²) in [7, 11) is 0. The maximum atomic E-state index is 10.5. The van der Waals surface area contributed by atoms with E-state index in [1.54, 1.807) is 0 Å². The number of alkyl halides is 1. The molecule has 4 nitrogen and oxygen atoms in total. The largest absolute Gasteiger partial charge is 0.479 e. The van der Waals surface area contributed by atoms with Crippen LogP contribution in [0.2, 0.25) is 0 Å². The highest BCUT2D eigenvalue weighted by atomic mass is 35.5. The van der Waals surface area contributed by atoms with E-state index < -0.39 is 17.1 Å². The van der Waals surface area contributed by atoms with Crippen molar-refractivity contribution in [1.82, 2.24) is 4.42 Å². The van der Waals surface area contributed by atoms with Crippen molar-refractivity contribution in [1.29, 1.82) is 0 Å². The van der Waals surface area contributed by atoms with Crippen LogP contribution in [0.25, 0.3) is 0 Å². The van der Waals surface area contributed by atoms with Crippen molar-refractivity contribution in [2.24, 2.45) is 0 Å². The van der Waals surface area contributed by atoms with E-state index in [2.05, 4.69) is 0 Å². The summed E-state index contributed by atoms with van der Waals surface area (Å²) in [6, 6.07) is 0. The number of nitrogens with zero attached hydrogens (tertiary/aromatic N) is 1. The van der Waals surface area contributed by atoms with E-state index in [0.717, 1.165) is 4.42 Å². The van der Waals surface area contributed by atoms with Crippen molar-refractivity contribution >= 4 is 29.3 Å². The van der Waals surface area contributed by atoms with Crippen LogP contribution in [0.15, 0.2) is 0 Å². The summed E-state index contributed by atoms with van der Waals surface area (Å²) in [5.41, 5.74) is 0. The highest BCUT2D eigenvalue weighted by Crippen LogP contribution is 2.35. The van der Waals surface area contributed by atoms with Gasteiger partial charge in [-0.3, -0.25) is 0 Å². The molecule has 1 aliphatic rings. The molecule has 0 spiro atoms. The van der Waals surface area contributed by atoms with Gasteiger partial charge in [0.05, 0.1) is 6.10 Å². The molecule has 0 radical (unpaired) electrons. The molecule has 0 saturated carbocycles. The molecule has 0 amide bonds. The lowest BCUT2D eigenvalue weighted by molar-refractivity contribution is -0.142. The van der Waals surface area contributed by atoms with Gasteiger partial charge in [-0.2, -0.15) is 4.42 Å². The van der Waals surface area contributed by atoms with E-state index in [1.807, 2.05) is 0 Å². The minimum atomic E-state index is -1.64. The van der Waals surface area contributed by atoms with Crippen molar-refractivity contribution < 1.29 is 15.0 Å². The Morgan fingerprint density at radius 3 is 2.45 bits per heavy atom. The summed E-state index contributed by atoms with van der Waals surface area (Å²) in [6.07, 6.45) is -0.811. The van der Waals surface area contributed by atoms with Crippen LogP contribution in [0.1, 0.15) is 6.42 Å². The van der Waals surface area contributed by atoms with Gasteiger partial charge in [0.25, 0.3) is 0 Å². The van der Waals surface area contributed by atoms with Gasteiger partial charge in [-0.15, -0.1) is 0 Å². The minimum absolute atomic E-state index is 0.0482. The average molecular weight is 200 g/mol. The zero-order valence-electron chi connectivity index (χ0n) is 5.50. The predicted octanol–water partition coefficient (Wildman–Crippen LogP) is 0.226. The highest BCUT2D eigenvalue weighted by Gasteiger charge is 2.49. The van der Waals surface area contributed by atoms with Gasteiger partial charge < -0.3 is 10.2 Å². The van der Waals surface area contributed by atoms with Crippen LogP contribution in [0.5, 0.6) is 0 Å². The molecule has 64 valence electrons. The zero-order chi connectivity index (χ0) is 8.65. The van der Waals surface area contributed by atoms with Crippen LogP contribution in [-0.4, -0.2) is 38.2 Å². The minimum Gasteiger partial charge on any atom is -0.479 e. The SMILES string of the molecule is O=C(O)[C@]1(Cl)CC(O)CN1Cl. The summed E-state index contributed by atoms with van der Waals surface area (Å²) >= 11 is 11.1. The number of β-amino-alcohol motifs (C(OH)–C–C–N with tert-alkyl or cyclic N) is 1. The van der Waals surface area contributed by atoms with Gasteiger partial charge in [0.1, 0.15) is 0 Å². The van der Waals surface area contributed by atoms with Crippen LogP contribution < -0.4 is 0 Å². The van der Waals surface area contributed by atoms with Crippen LogP contribution in [0.4, 0.5) is 0 Å². The molecule has 1 rings (SSSR count). The first-order valence-corrected chi connectivity index (χ1v) is 3.72. The lowest BCUT2D eigenvalue weighted by atomic mass is 10.2. The first-order valence-electron chi connectivity index (χ1n) is 3.00. The summed E-state index contributed by atoms with van der Waals surface area (Å²) in [5, 5.41) is 17.6. The van der Waals surface area contributed by atoms with Gasteiger partial charge in [-0.05, 0) is 11.8 Å². The molecule has 1 unspecified atom stereocenters. The van der Waals surface area contributed by atoms with Crippen molar-refractivity contribution in [2.75, 3.05) is 6.54 Å². The quantitative estimate of drug-likeness (QED) is 0.361. The predicted molar refractivity (Wildman–Crippen MR) is 39.4 cm³/mol. The van der Waals surface area contributed by atoms with Crippen LogP contribution in [0, 0.1) is 0 Å². The van der Waals surface area contributed by atoms with E-state index >= 15 is 0 Å². The monoisotopic (exact) mass is 199 g/mol. The Morgan fingerprint density at radius 2 is 2.27 bits per heavy atom. The summed E-state index contributed by atoms with van der Waals surface area (Å²) in [4.78, 5) is 8.87. The number of aliphatic carboxylic acids is 1. The fraction of sp³-hybridized carbons (Fsp3) is 0.800. The maximum absolute atomic E-state index is 10.5. The molecule has 6 heteroatoms. The Bertz CT molecular complexity index is 189. The van der Waals surface area contributed by atoms with Crippen molar-refractivity contribution in [3.8, 4) is 0 Å². The third kappa shape index (κ3) is 1.44. The number of hydrogen-bond acceptors (Lipinski definition) is 3. The van der Waals surface area contributed by atoms with Gasteiger partial charge in [-0.25, -0.2) is 4.79 Å². The fourth-order valence-corrected chi connectivity index (χ4v) is 1.54. The number of halogens is 2. The second kappa shape index (κ2) is 2.79. The van der Waals surface area contributed by atoms with Crippen molar-refractivity contribution in [3.63, 3.8) is 0 Å². The Morgan fingerprint density at radius 1 is 1.73 bits per heavy atom. The number of carbonyl (C=O) groups is 1. The standard InChI is InChI=1S/C5H7Cl2NO3/c6-5(4(10)11)1-3(9)2-8(5)7/h3,9H,1-2H2,(H,10,11)/t3?,5-/m0/s1. The summed E-state index contributed by atoms with van der Waals surface area (Å²) in [6.45, 7) is 0.0807. The number of rotatable bonds is 1. The number of hydrogen-bond donors (Lipinski definition) is 2. The summed E-state index contributed by atoms with van der Waals surface area (Å²) < 4.78 is 0.904. The van der Waals surface area contributed by atoms with E-state index in [1.165, 1.54) is 0 Å². The zero-order valence-corrected chi connectivity index (χ0v) is 7.01. The van der Waals surface area contributed by atoms with Crippen molar-refractivity contribution in [2.45, 2.75) is 17.5 Å². The lowest BCUT2D eigenvalue weighted by Gasteiger charge is -2.20. The third-order valence-corrected chi connectivity index (χ3v) is 2.62. The molecular weight excluding hydrogens is 193 g/mol. The van der Waals surface area contributed by atoms with Crippen molar-refractivity contribution in [3.05, 3.63) is 0 Å². The lowest BCUT2D eigenvalue weighted by Crippen LogP contribution is -2.40. The molecule has 1 aliphatic heterocycles. The molecule has 0 aliphatic carbocycles. The number of carboxylic acids is 1. The number of aliphatic hydroxyl groups is 1. The Hall–Kier alpha value is -0.0300. The van der Waals surface area contributed by atoms with Crippen LogP contribution >= 0.6 is 23.4 Å². The molecule has 0 bridgehead atoms. The summed E-state index contributed by atoms with van der Waals surface area (Å²) in [5.74, 6) is -1.23.